The minimum atomic E-state index is 0.0434. The second kappa shape index (κ2) is 6.04. The highest BCUT2D eigenvalue weighted by Gasteiger charge is 2.24. The maximum Gasteiger partial charge on any atom is 0.227 e. The van der Waals surface area contributed by atoms with Crippen LogP contribution in [0.3, 0.4) is 0 Å². The molecule has 1 saturated carbocycles. The molecule has 1 amide bonds. The third kappa shape index (κ3) is 3.46. The van der Waals surface area contributed by atoms with Gasteiger partial charge < -0.3 is 11.1 Å². The van der Waals surface area contributed by atoms with Gasteiger partial charge in [0.1, 0.15) is 0 Å². The number of carbonyl (C=O) groups is 1. The van der Waals surface area contributed by atoms with Crippen LogP contribution in [0.2, 0.25) is 5.02 Å². The van der Waals surface area contributed by atoms with Gasteiger partial charge in [-0.3, -0.25) is 4.79 Å². The predicted molar refractivity (Wildman–Crippen MR) is 77.7 cm³/mol. The van der Waals surface area contributed by atoms with Gasteiger partial charge in [0.05, 0.1) is 10.7 Å². The Morgan fingerprint density at radius 2 is 2.00 bits per heavy atom. The summed E-state index contributed by atoms with van der Waals surface area (Å²) >= 11 is 9.41. The SMILES string of the molecule is NC1CCC(C(=O)Nc2cc(Br)ccc2Cl)CC1. The zero-order chi connectivity index (χ0) is 13.1. The summed E-state index contributed by atoms with van der Waals surface area (Å²) in [6.45, 7) is 0. The van der Waals surface area contributed by atoms with Gasteiger partial charge in [0.2, 0.25) is 5.91 Å². The first-order valence-electron chi connectivity index (χ1n) is 6.08. The van der Waals surface area contributed by atoms with Crippen LogP contribution >= 0.6 is 27.5 Å². The summed E-state index contributed by atoms with van der Waals surface area (Å²) in [5.74, 6) is 0.0988. The molecule has 0 bridgehead atoms. The van der Waals surface area contributed by atoms with Crippen LogP contribution in [0.4, 0.5) is 5.69 Å². The Hall–Kier alpha value is -0.580. The summed E-state index contributed by atoms with van der Waals surface area (Å²) < 4.78 is 0.896. The number of anilines is 1. The number of hydrogen-bond donors (Lipinski definition) is 2. The molecule has 0 aliphatic heterocycles. The van der Waals surface area contributed by atoms with Gasteiger partial charge in [-0.05, 0) is 43.9 Å². The molecule has 98 valence electrons. The third-order valence-corrected chi connectivity index (χ3v) is 4.15. The number of amides is 1. The lowest BCUT2D eigenvalue weighted by Gasteiger charge is -2.25. The first kappa shape index (κ1) is 13.8. The van der Waals surface area contributed by atoms with E-state index in [1.165, 1.54) is 0 Å². The van der Waals surface area contributed by atoms with E-state index in [9.17, 15) is 4.79 Å². The molecular weight excluding hydrogens is 316 g/mol. The molecule has 0 heterocycles. The topological polar surface area (TPSA) is 55.1 Å². The normalized spacial score (nSPS) is 23.7. The van der Waals surface area contributed by atoms with E-state index >= 15 is 0 Å². The van der Waals surface area contributed by atoms with Gasteiger partial charge >= 0.3 is 0 Å². The lowest BCUT2D eigenvalue weighted by Crippen LogP contribution is -2.32. The molecule has 1 fully saturated rings. The van der Waals surface area contributed by atoms with Crippen molar-refractivity contribution in [2.75, 3.05) is 5.32 Å². The van der Waals surface area contributed by atoms with Crippen molar-refractivity contribution in [3.05, 3.63) is 27.7 Å². The summed E-state index contributed by atoms with van der Waals surface area (Å²) in [4.78, 5) is 12.1. The van der Waals surface area contributed by atoms with Crippen molar-refractivity contribution < 1.29 is 4.79 Å². The maximum atomic E-state index is 12.1. The molecule has 0 unspecified atom stereocenters. The van der Waals surface area contributed by atoms with Crippen molar-refractivity contribution in [2.45, 2.75) is 31.7 Å². The van der Waals surface area contributed by atoms with Crippen LogP contribution in [0.15, 0.2) is 22.7 Å². The molecule has 1 aliphatic carbocycles. The van der Waals surface area contributed by atoms with E-state index in [0.717, 1.165) is 30.2 Å². The quantitative estimate of drug-likeness (QED) is 0.870. The highest BCUT2D eigenvalue weighted by molar-refractivity contribution is 9.10. The Morgan fingerprint density at radius 3 is 2.67 bits per heavy atom. The van der Waals surface area contributed by atoms with Crippen molar-refractivity contribution in [3.8, 4) is 0 Å². The Kier molecular flexibility index (Phi) is 4.65. The van der Waals surface area contributed by atoms with E-state index < -0.39 is 0 Å². The lowest BCUT2D eigenvalue weighted by molar-refractivity contribution is -0.120. The van der Waals surface area contributed by atoms with Gasteiger partial charge in [-0.2, -0.15) is 0 Å². The minimum Gasteiger partial charge on any atom is -0.328 e. The fourth-order valence-electron chi connectivity index (χ4n) is 2.21. The van der Waals surface area contributed by atoms with Gasteiger partial charge in [0.25, 0.3) is 0 Å². The molecule has 1 aromatic rings. The molecule has 18 heavy (non-hydrogen) atoms. The van der Waals surface area contributed by atoms with E-state index in [-0.39, 0.29) is 17.9 Å². The number of rotatable bonds is 2. The molecule has 0 spiro atoms. The molecule has 0 aromatic heterocycles. The van der Waals surface area contributed by atoms with Gasteiger partial charge in [0.15, 0.2) is 0 Å². The molecular formula is C13H16BrClN2O. The van der Waals surface area contributed by atoms with Crippen LogP contribution in [0.1, 0.15) is 25.7 Å². The van der Waals surface area contributed by atoms with Crippen LogP contribution < -0.4 is 11.1 Å². The second-order valence-corrected chi connectivity index (χ2v) is 6.05. The van der Waals surface area contributed by atoms with E-state index in [0.29, 0.717) is 10.7 Å². The summed E-state index contributed by atoms with van der Waals surface area (Å²) in [5.41, 5.74) is 6.49. The lowest BCUT2D eigenvalue weighted by atomic mass is 9.86. The van der Waals surface area contributed by atoms with Crippen molar-refractivity contribution in [3.63, 3.8) is 0 Å². The van der Waals surface area contributed by atoms with E-state index in [2.05, 4.69) is 21.2 Å². The number of benzene rings is 1. The molecule has 2 rings (SSSR count). The smallest absolute Gasteiger partial charge is 0.227 e. The zero-order valence-corrected chi connectivity index (χ0v) is 12.3. The molecule has 0 atom stereocenters. The predicted octanol–water partition coefficient (Wildman–Crippen LogP) is 3.56. The average molecular weight is 332 g/mol. The Bertz CT molecular complexity index is 445. The van der Waals surface area contributed by atoms with E-state index in [1.54, 1.807) is 6.07 Å². The molecule has 0 radical (unpaired) electrons. The Morgan fingerprint density at radius 1 is 1.33 bits per heavy atom. The van der Waals surface area contributed by atoms with E-state index in [4.69, 9.17) is 17.3 Å². The summed E-state index contributed by atoms with van der Waals surface area (Å²) in [6, 6.07) is 5.67. The number of nitrogens with two attached hydrogens (primary N) is 1. The number of halogens is 2. The third-order valence-electron chi connectivity index (χ3n) is 3.33. The molecule has 5 heteroatoms. The van der Waals surface area contributed by atoms with Gasteiger partial charge in [-0.25, -0.2) is 0 Å². The largest absolute Gasteiger partial charge is 0.328 e. The molecule has 0 saturated heterocycles. The number of hydrogen-bond acceptors (Lipinski definition) is 2. The Labute approximate surface area is 120 Å². The van der Waals surface area contributed by atoms with Crippen molar-refractivity contribution in [1.82, 2.24) is 0 Å². The molecule has 3 N–H and O–H groups in total. The van der Waals surface area contributed by atoms with Crippen LogP contribution in [0, 0.1) is 5.92 Å². The molecule has 1 aromatic carbocycles. The summed E-state index contributed by atoms with van der Waals surface area (Å²) in [7, 11) is 0. The summed E-state index contributed by atoms with van der Waals surface area (Å²) in [6.07, 6.45) is 3.56. The highest BCUT2D eigenvalue weighted by atomic mass is 79.9. The van der Waals surface area contributed by atoms with Crippen molar-refractivity contribution in [1.29, 1.82) is 0 Å². The van der Waals surface area contributed by atoms with Crippen LogP contribution in [-0.2, 0) is 4.79 Å². The second-order valence-electron chi connectivity index (χ2n) is 4.73. The standard InChI is InChI=1S/C13H16BrClN2O/c14-9-3-6-11(15)12(7-9)17-13(18)8-1-4-10(16)5-2-8/h3,6-8,10H,1-2,4-5,16H2,(H,17,18). The number of nitrogens with one attached hydrogen (secondary N) is 1. The van der Waals surface area contributed by atoms with E-state index in [1.807, 2.05) is 12.1 Å². The molecule has 1 aliphatic rings. The fourth-order valence-corrected chi connectivity index (χ4v) is 2.74. The minimum absolute atomic E-state index is 0.0434. The maximum absolute atomic E-state index is 12.1. The van der Waals surface area contributed by atoms with Crippen LogP contribution in [-0.4, -0.2) is 11.9 Å². The first-order valence-corrected chi connectivity index (χ1v) is 7.25. The molecule has 3 nitrogen and oxygen atoms in total. The van der Waals surface area contributed by atoms with Gasteiger partial charge in [-0.15, -0.1) is 0 Å². The van der Waals surface area contributed by atoms with Crippen molar-refractivity contribution >= 4 is 39.1 Å². The monoisotopic (exact) mass is 330 g/mol. The van der Waals surface area contributed by atoms with Crippen LogP contribution in [0.25, 0.3) is 0 Å². The summed E-state index contributed by atoms with van der Waals surface area (Å²) in [5, 5.41) is 3.45. The zero-order valence-electron chi connectivity index (χ0n) is 9.96. The fraction of sp³-hybridized carbons (Fsp3) is 0.462. The van der Waals surface area contributed by atoms with Crippen LogP contribution in [0.5, 0.6) is 0 Å². The van der Waals surface area contributed by atoms with Gasteiger partial charge in [-0.1, -0.05) is 27.5 Å². The average Bonchev–Trinajstić information content (AvgIpc) is 2.34. The Balaban J connectivity index is 2.00. The first-order chi connectivity index (χ1) is 8.56. The van der Waals surface area contributed by atoms with Gasteiger partial charge in [0, 0.05) is 16.4 Å². The number of carbonyl (C=O) groups excluding carboxylic acids is 1. The van der Waals surface area contributed by atoms with Crippen molar-refractivity contribution in [2.24, 2.45) is 11.7 Å². The highest BCUT2D eigenvalue weighted by Crippen LogP contribution is 2.28.